The number of thioether (sulfide) groups is 1. The van der Waals surface area contributed by atoms with E-state index in [9.17, 15) is 4.79 Å². The van der Waals surface area contributed by atoms with Crippen molar-refractivity contribution in [1.82, 2.24) is 10.2 Å². The summed E-state index contributed by atoms with van der Waals surface area (Å²) in [5.74, 6) is 2.81. The lowest BCUT2D eigenvalue weighted by atomic mass is 9.93. The standard InChI is InChI=1S/C18H28N2OS/c1-15-4-3-5-17(12-15)14-22-11-8-19-18(21)13-16-6-9-20(2)10-7-16/h3-5,12,16H,6-11,13-14H2,1-2H3,(H,19,21). The second-order valence-electron chi connectivity index (χ2n) is 6.34. The number of aryl methyl sites for hydroxylation is 1. The average Bonchev–Trinajstić information content (AvgIpc) is 2.49. The molecule has 1 fully saturated rings. The van der Waals surface area contributed by atoms with Gasteiger partial charge in [-0.05, 0) is 51.4 Å². The molecule has 1 amide bonds. The van der Waals surface area contributed by atoms with Gasteiger partial charge < -0.3 is 10.2 Å². The zero-order chi connectivity index (χ0) is 15.8. The first-order valence-electron chi connectivity index (χ1n) is 8.22. The second-order valence-corrected chi connectivity index (χ2v) is 7.45. The SMILES string of the molecule is Cc1cccc(CSCCNC(=O)CC2CCN(C)CC2)c1. The summed E-state index contributed by atoms with van der Waals surface area (Å²) in [6, 6.07) is 8.62. The highest BCUT2D eigenvalue weighted by molar-refractivity contribution is 7.98. The first-order chi connectivity index (χ1) is 10.6. The number of rotatable bonds is 7. The van der Waals surface area contributed by atoms with Crippen LogP contribution >= 0.6 is 11.8 Å². The van der Waals surface area contributed by atoms with Crippen LogP contribution in [0.4, 0.5) is 0 Å². The highest BCUT2D eigenvalue weighted by atomic mass is 32.2. The lowest BCUT2D eigenvalue weighted by Crippen LogP contribution is -2.34. The van der Waals surface area contributed by atoms with Crippen LogP contribution in [0.15, 0.2) is 24.3 Å². The third kappa shape index (κ3) is 6.41. The van der Waals surface area contributed by atoms with Crippen molar-refractivity contribution in [2.75, 3.05) is 32.4 Å². The van der Waals surface area contributed by atoms with Gasteiger partial charge in [0.25, 0.3) is 0 Å². The Morgan fingerprint density at radius 1 is 1.36 bits per heavy atom. The summed E-state index contributed by atoms with van der Waals surface area (Å²) in [6.07, 6.45) is 3.02. The van der Waals surface area contributed by atoms with E-state index in [1.165, 1.54) is 11.1 Å². The van der Waals surface area contributed by atoms with Gasteiger partial charge in [0.1, 0.15) is 0 Å². The van der Waals surface area contributed by atoms with E-state index in [2.05, 4.69) is 48.5 Å². The molecule has 2 rings (SSSR count). The van der Waals surface area contributed by atoms with Crippen molar-refractivity contribution in [3.05, 3.63) is 35.4 Å². The molecule has 1 saturated heterocycles. The molecule has 0 spiro atoms. The number of nitrogens with one attached hydrogen (secondary N) is 1. The van der Waals surface area contributed by atoms with Gasteiger partial charge in [0.15, 0.2) is 0 Å². The Kier molecular flexibility index (Phi) is 7.26. The van der Waals surface area contributed by atoms with Gasteiger partial charge in [-0.25, -0.2) is 0 Å². The van der Waals surface area contributed by atoms with Gasteiger partial charge in [-0.15, -0.1) is 0 Å². The molecular formula is C18H28N2OS. The molecule has 0 aromatic heterocycles. The van der Waals surface area contributed by atoms with Crippen molar-refractivity contribution >= 4 is 17.7 Å². The van der Waals surface area contributed by atoms with Crippen LogP contribution in [0.25, 0.3) is 0 Å². The maximum Gasteiger partial charge on any atom is 0.220 e. The molecule has 122 valence electrons. The minimum Gasteiger partial charge on any atom is -0.355 e. The van der Waals surface area contributed by atoms with Crippen molar-refractivity contribution in [3.8, 4) is 0 Å². The van der Waals surface area contributed by atoms with Crippen LogP contribution in [0.2, 0.25) is 0 Å². The molecule has 0 bridgehead atoms. The minimum atomic E-state index is 0.228. The molecule has 0 aliphatic carbocycles. The molecule has 4 heteroatoms. The summed E-state index contributed by atoms with van der Waals surface area (Å²) in [5, 5.41) is 3.07. The molecule has 1 N–H and O–H groups in total. The van der Waals surface area contributed by atoms with Gasteiger partial charge in [0.05, 0.1) is 0 Å². The van der Waals surface area contributed by atoms with Crippen LogP contribution in [0, 0.1) is 12.8 Å². The Balaban J connectivity index is 1.54. The van der Waals surface area contributed by atoms with E-state index in [0.29, 0.717) is 12.3 Å². The summed E-state index contributed by atoms with van der Waals surface area (Å²) in [4.78, 5) is 14.3. The number of amides is 1. The van der Waals surface area contributed by atoms with Crippen molar-refractivity contribution < 1.29 is 4.79 Å². The Morgan fingerprint density at radius 3 is 2.86 bits per heavy atom. The smallest absolute Gasteiger partial charge is 0.220 e. The van der Waals surface area contributed by atoms with Crippen LogP contribution < -0.4 is 5.32 Å². The van der Waals surface area contributed by atoms with Gasteiger partial charge in [-0.1, -0.05) is 29.8 Å². The fourth-order valence-electron chi connectivity index (χ4n) is 2.86. The monoisotopic (exact) mass is 320 g/mol. The Labute approximate surface area is 138 Å². The van der Waals surface area contributed by atoms with Crippen LogP contribution in [-0.4, -0.2) is 43.2 Å². The maximum absolute atomic E-state index is 11.9. The number of likely N-dealkylation sites (tertiary alicyclic amines) is 1. The van der Waals surface area contributed by atoms with Crippen molar-refractivity contribution in [2.24, 2.45) is 5.92 Å². The van der Waals surface area contributed by atoms with Crippen molar-refractivity contribution in [1.29, 1.82) is 0 Å². The number of benzene rings is 1. The fraction of sp³-hybridized carbons (Fsp3) is 0.611. The molecule has 0 atom stereocenters. The molecule has 3 nitrogen and oxygen atoms in total. The minimum absolute atomic E-state index is 0.228. The van der Waals surface area contributed by atoms with Crippen molar-refractivity contribution in [3.63, 3.8) is 0 Å². The Hall–Kier alpha value is -1.00. The normalized spacial score (nSPS) is 16.6. The number of piperidine rings is 1. The van der Waals surface area contributed by atoms with Gasteiger partial charge in [0, 0.05) is 24.5 Å². The molecule has 1 heterocycles. The van der Waals surface area contributed by atoms with E-state index < -0.39 is 0 Å². The topological polar surface area (TPSA) is 32.3 Å². The third-order valence-electron chi connectivity index (χ3n) is 4.23. The summed E-state index contributed by atoms with van der Waals surface area (Å²) in [7, 11) is 2.15. The molecule has 22 heavy (non-hydrogen) atoms. The summed E-state index contributed by atoms with van der Waals surface area (Å²) in [6.45, 7) is 5.16. The number of carbonyl (C=O) groups is 1. The molecule has 1 aromatic rings. The second kappa shape index (κ2) is 9.21. The first kappa shape index (κ1) is 17.4. The van der Waals surface area contributed by atoms with E-state index in [1.54, 1.807) is 0 Å². The molecule has 1 aliphatic rings. The van der Waals surface area contributed by atoms with E-state index in [4.69, 9.17) is 0 Å². The van der Waals surface area contributed by atoms with Gasteiger partial charge in [0.2, 0.25) is 5.91 Å². The fourth-order valence-corrected chi connectivity index (χ4v) is 3.66. The highest BCUT2D eigenvalue weighted by Gasteiger charge is 2.19. The highest BCUT2D eigenvalue weighted by Crippen LogP contribution is 2.19. The van der Waals surface area contributed by atoms with Gasteiger partial charge in [-0.3, -0.25) is 4.79 Å². The summed E-state index contributed by atoms with van der Waals surface area (Å²) < 4.78 is 0. The molecule has 0 saturated carbocycles. The largest absolute Gasteiger partial charge is 0.355 e. The van der Waals surface area contributed by atoms with Gasteiger partial charge >= 0.3 is 0 Å². The molecule has 0 unspecified atom stereocenters. The quantitative estimate of drug-likeness (QED) is 0.784. The summed E-state index contributed by atoms with van der Waals surface area (Å²) >= 11 is 1.88. The van der Waals surface area contributed by atoms with Crippen LogP contribution in [0.3, 0.4) is 0 Å². The maximum atomic E-state index is 11.9. The van der Waals surface area contributed by atoms with Crippen LogP contribution in [-0.2, 0) is 10.5 Å². The number of nitrogens with zero attached hydrogens (tertiary/aromatic N) is 1. The van der Waals surface area contributed by atoms with Crippen molar-refractivity contribution in [2.45, 2.75) is 31.9 Å². The van der Waals surface area contributed by atoms with E-state index in [1.807, 2.05) is 11.8 Å². The summed E-state index contributed by atoms with van der Waals surface area (Å²) in [5.41, 5.74) is 2.67. The van der Waals surface area contributed by atoms with Crippen LogP contribution in [0.5, 0.6) is 0 Å². The Bertz CT molecular complexity index is 470. The van der Waals surface area contributed by atoms with E-state index in [0.717, 1.165) is 44.0 Å². The van der Waals surface area contributed by atoms with Gasteiger partial charge in [-0.2, -0.15) is 11.8 Å². The predicted molar refractivity (Wildman–Crippen MR) is 95.2 cm³/mol. The average molecular weight is 321 g/mol. The number of hydrogen-bond donors (Lipinski definition) is 1. The zero-order valence-corrected chi connectivity index (χ0v) is 14.6. The number of hydrogen-bond acceptors (Lipinski definition) is 3. The van der Waals surface area contributed by atoms with E-state index in [-0.39, 0.29) is 5.91 Å². The predicted octanol–water partition coefficient (Wildman–Crippen LogP) is 3.08. The lowest BCUT2D eigenvalue weighted by Gasteiger charge is -2.28. The first-order valence-corrected chi connectivity index (χ1v) is 9.37. The third-order valence-corrected chi connectivity index (χ3v) is 5.26. The molecule has 1 aromatic carbocycles. The van der Waals surface area contributed by atoms with Crippen LogP contribution in [0.1, 0.15) is 30.4 Å². The molecular weight excluding hydrogens is 292 g/mol. The zero-order valence-electron chi connectivity index (χ0n) is 13.8. The Morgan fingerprint density at radius 2 is 2.14 bits per heavy atom. The van der Waals surface area contributed by atoms with E-state index >= 15 is 0 Å². The number of carbonyl (C=O) groups excluding carboxylic acids is 1. The lowest BCUT2D eigenvalue weighted by molar-refractivity contribution is -0.122. The molecule has 0 radical (unpaired) electrons. The molecule has 1 aliphatic heterocycles.